The van der Waals surface area contributed by atoms with Crippen molar-refractivity contribution < 1.29 is 9.53 Å². The Labute approximate surface area is 133 Å². The summed E-state index contributed by atoms with van der Waals surface area (Å²) in [5.74, 6) is -0.0246. The molecule has 0 radical (unpaired) electrons. The standard InChI is InChI=1S/C16H24N2O2.ClH/c1-2-3-4-5-13-6-8-14(9-7-13)18-16(19)15-12-20-11-10-17-15;/h6-9,15,17H,2-5,10-12H2,1H3,(H,18,19);1H. The molecule has 4 nitrogen and oxygen atoms in total. The first-order valence-corrected chi connectivity index (χ1v) is 7.50. The van der Waals surface area contributed by atoms with E-state index in [0.717, 1.165) is 18.7 Å². The molecule has 1 heterocycles. The van der Waals surface area contributed by atoms with Gasteiger partial charge in [0.1, 0.15) is 6.04 Å². The van der Waals surface area contributed by atoms with Gasteiger partial charge in [0.15, 0.2) is 0 Å². The molecule has 0 aliphatic carbocycles. The predicted molar refractivity (Wildman–Crippen MR) is 88.2 cm³/mol. The van der Waals surface area contributed by atoms with E-state index >= 15 is 0 Å². The molecule has 1 aromatic rings. The zero-order chi connectivity index (χ0) is 14.2. The first-order chi connectivity index (χ1) is 9.79. The molecule has 0 saturated carbocycles. The van der Waals surface area contributed by atoms with Crippen LogP contribution in [0.15, 0.2) is 24.3 Å². The smallest absolute Gasteiger partial charge is 0.243 e. The number of carbonyl (C=O) groups excluding carboxylic acids is 1. The van der Waals surface area contributed by atoms with Crippen molar-refractivity contribution in [2.24, 2.45) is 0 Å². The summed E-state index contributed by atoms with van der Waals surface area (Å²) in [5.41, 5.74) is 2.18. The third-order valence-corrected chi connectivity index (χ3v) is 3.53. The third kappa shape index (κ3) is 6.04. The molecule has 1 fully saturated rings. The number of hydrogen-bond donors (Lipinski definition) is 2. The molecule has 1 aliphatic heterocycles. The predicted octanol–water partition coefficient (Wildman–Crippen LogP) is 2.77. The van der Waals surface area contributed by atoms with Crippen molar-refractivity contribution in [3.63, 3.8) is 0 Å². The average Bonchev–Trinajstić information content (AvgIpc) is 2.50. The Hall–Kier alpha value is -1.10. The second kappa shape index (κ2) is 9.77. The Morgan fingerprint density at radius 1 is 1.33 bits per heavy atom. The van der Waals surface area contributed by atoms with E-state index in [2.05, 4.69) is 29.7 Å². The van der Waals surface area contributed by atoms with Crippen LogP contribution in [0.1, 0.15) is 31.7 Å². The summed E-state index contributed by atoms with van der Waals surface area (Å²) in [5, 5.41) is 6.07. The monoisotopic (exact) mass is 312 g/mol. The fraction of sp³-hybridized carbons (Fsp3) is 0.562. The van der Waals surface area contributed by atoms with E-state index in [1.54, 1.807) is 0 Å². The fourth-order valence-electron chi connectivity index (χ4n) is 2.30. The molecule has 0 spiro atoms. The molecule has 0 aromatic heterocycles. The quantitative estimate of drug-likeness (QED) is 0.794. The highest BCUT2D eigenvalue weighted by Crippen LogP contribution is 2.13. The molecule has 2 N–H and O–H groups in total. The minimum absolute atomic E-state index is 0. The molecule has 1 aliphatic rings. The number of morpholine rings is 1. The molecule has 0 bridgehead atoms. The number of nitrogens with one attached hydrogen (secondary N) is 2. The van der Waals surface area contributed by atoms with Gasteiger partial charge in [-0.1, -0.05) is 31.9 Å². The van der Waals surface area contributed by atoms with Crippen molar-refractivity contribution in [3.8, 4) is 0 Å². The van der Waals surface area contributed by atoms with Gasteiger partial charge in [-0.05, 0) is 30.5 Å². The second-order valence-corrected chi connectivity index (χ2v) is 5.22. The molecule has 118 valence electrons. The molecule has 1 atom stereocenters. The number of ether oxygens (including phenoxy) is 1. The maximum Gasteiger partial charge on any atom is 0.243 e. The van der Waals surface area contributed by atoms with E-state index in [1.165, 1.54) is 24.8 Å². The topological polar surface area (TPSA) is 50.4 Å². The Morgan fingerprint density at radius 3 is 2.71 bits per heavy atom. The molecule has 1 saturated heterocycles. The van der Waals surface area contributed by atoms with Gasteiger partial charge in [0.25, 0.3) is 0 Å². The molecule has 1 aromatic carbocycles. The first kappa shape index (κ1) is 18.0. The van der Waals surface area contributed by atoms with Gasteiger partial charge in [-0.15, -0.1) is 12.4 Å². The maximum atomic E-state index is 12.0. The highest BCUT2D eigenvalue weighted by atomic mass is 35.5. The Balaban J connectivity index is 0.00000220. The van der Waals surface area contributed by atoms with Gasteiger partial charge in [-0.2, -0.15) is 0 Å². The van der Waals surface area contributed by atoms with Crippen molar-refractivity contribution in [2.45, 2.75) is 38.6 Å². The van der Waals surface area contributed by atoms with Crippen LogP contribution >= 0.6 is 12.4 Å². The minimum Gasteiger partial charge on any atom is -0.378 e. The van der Waals surface area contributed by atoms with Crippen LogP contribution in [0.5, 0.6) is 0 Å². The zero-order valence-corrected chi connectivity index (χ0v) is 13.4. The number of aryl methyl sites for hydroxylation is 1. The van der Waals surface area contributed by atoms with Crippen molar-refractivity contribution >= 4 is 24.0 Å². The summed E-state index contributed by atoms with van der Waals surface area (Å²) >= 11 is 0. The lowest BCUT2D eigenvalue weighted by atomic mass is 10.1. The van der Waals surface area contributed by atoms with Crippen LogP contribution in [0.3, 0.4) is 0 Å². The summed E-state index contributed by atoms with van der Waals surface area (Å²) in [4.78, 5) is 12.0. The van der Waals surface area contributed by atoms with E-state index in [9.17, 15) is 4.79 Å². The summed E-state index contributed by atoms with van der Waals surface area (Å²) in [6.45, 7) is 4.06. The Bertz CT molecular complexity index is 417. The zero-order valence-electron chi connectivity index (χ0n) is 12.6. The van der Waals surface area contributed by atoms with Crippen LogP contribution in [0, 0.1) is 0 Å². The third-order valence-electron chi connectivity index (χ3n) is 3.53. The van der Waals surface area contributed by atoms with Gasteiger partial charge in [0.05, 0.1) is 13.2 Å². The number of amides is 1. The number of anilines is 1. The van der Waals surface area contributed by atoms with Gasteiger partial charge in [0, 0.05) is 12.2 Å². The van der Waals surface area contributed by atoms with E-state index in [1.807, 2.05) is 12.1 Å². The molecule has 1 amide bonds. The van der Waals surface area contributed by atoms with Gasteiger partial charge in [0.2, 0.25) is 5.91 Å². The van der Waals surface area contributed by atoms with Gasteiger partial charge < -0.3 is 15.4 Å². The number of halogens is 1. The molecule has 1 unspecified atom stereocenters. The molecular weight excluding hydrogens is 288 g/mol. The minimum atomic E-state index is -0.243. The first-order valence-electron chi connectivity index (χ1n) is 7.50. The number of rotatable bonds is 6. The number of unbranched alkanes of at least 4 members (excludes halogenated alkanes) is 2. The molecule has 5 heteroatoms. The average molecular weight is 313 g/mol. The molecule has 21 heavy (non-hydrogen) atoms. The van der Waals surface area contributed by atoms with Gasteiger partial charge in [-0.3, -0.25) is 4.79 Å². The largest absolute Gasteiger partial charge is 0.378 e. The lowest BCUT2D eigenvalue weighted by Gasteiger charge is -2.22. The van der Waals surface area contributed by atoms with Crippen LogP contribution in [0.2, 0.25) is 0 Å². The van der Waals surface area contributed by atoms with Crippen molar-refractivity contribution in [3.05, 3.63) is 29.8 Å². The summed E-state index contributed by atoms with van der Waals surface area (Å²) in [7, 11) is 0. The van der Waals surface area contributed by atoms with E-state index in [0.29, 0.717) is 13.2 Å². The lowest BCUT2D eigenvalue weighted by molar-refractivity contribution is -0.120. The maximum absolute atomic E-state index is 12.0. The van der Waals surface area contributed by atoms with Gasteiger partial charge >= 0.3 is 0 Å². The normalized spacial score (nSPS) is 17.9. The van der Waals surface area contributed by atoms with E-state index in [4.69, 9.17) is 4.74 Å². The van der Waals surface area contributed by atoms with E-state index in [-0.39, 0.29) is 24.4 Å². The van der Waals surface area contributed by atoms with Crippen LogP contribution in [0.25, 0.3) is 0 Å². The van der Waals surface area contributed by atoms with Crippen LogP contribution in [-0.2, 0) is 16.0 Å². The van der Waals surface area contributed by atoms with Crippen molar-refractivity contribution in [2.75, 3.05) is 25.1 Å². The Morgan fingerprint density at radius 2 is 2.10 bits per heavy atom. The lowest BCUT2D eigenvalue weighted by Crippen LogP contribution is -2.48. The molecular formula is C16H25ClN2O2. The van der Waals surface area contributed by atoms with Crippen LogP contribution in [0.4, 0.5) is 5.69 Å². The van der Waals surface area contributed by atoms with Crippen molar-refractivity contribution in [1.29, 1.82) is 0 Å². The van der Waals surface area contributed by atoms with E-state index < -0.39 is 0 Å². The number of hydrogen-bond acceptors (Lipinski definition) is 3. The highest BCUT2D eigenvalue weighted by Gasteiger charge is 2.20. The van der Waals surface area contributed by atoms with Crippen LogP contribution < -0.4 is 10.6 Å². The number of benzene rings is 1. The second-order valence-electron chi connectivity index (χ2n) is 5.22. The summed E-state index contributed by atoms with van der Waals surface area (Å²) in [6, 6.07) is 7.89. The summed E-state index contributed by atoms with van der Waals surface area (Å²) in [6.07, 6.45) is 4.85. The number of carbonyl (C=O) groups is 1. The van der Waals surface area contributed by atoms with Gasteiger partial charge in [-0.25, -0.2) is 0 Å². The van der Waals surface area contributed by atoms with Crippen LogP contribution in [-0.4, -0.2) is 31.7 Å². The Kier molecular flexibility index (Phi) is 8.35. The SMILES string of the molecule is CCCCCc1ccc(NC(=O)C2COCCN2)cc1.Cl. The molecule has 2 rings (SSSR count). The van der Waals surface area contributed by atoms with Crippen molar-refractivity contribution in [1.82, 2.24) is 5.32 Å². The fourth-order valence-corrected chi connectivity index (χ4v) is 2.30. The summed E-state index contributed by atoms with van der Waals surface area (Å²) < 4.78 is 5.29. The highest BCUT2D eigenvalue weighted by molar-refractivity contribution is 5.95.